The number of nitrogens with one attached hydrogen (secondary N) is 1. The first-order valence-electron chi connectivity index (χ1n) is 10.5. The highest BCUT2D eigenvalue weighted by molar-refractivity contribution is 5.93. The summed E-state index contributed by atoms with van der Waals surface area (Å²) in [6, 6.07) is 27.7. The third-order valence-corrected chi connectivity index (χ3v) is 5.06. The number of carbonyl (C=O) groups excluding carboxylic acids is 1. The summed E-state index contributed by atoms with van der Waals surface area (Å²) in [4.78, 5) is 12.4. The molecule has 1 heterocycles. The molecule has 160 valence electrons. The Morgan fingerprint density at radius 3 is 2.31 bits per heavy atom. The molecule has 0 aliphatic heterocycles. The first kappa shape index (κ1) is 21.1. The maximum atomic E-state index is 12.4. The van der Waals surface area contributed by atoms with Crippen LogP contribution >= 0.6 is 0 Å². The van der Waals surface area contributed by atoms with Crippen molar-refractivity contribution in [2.75, 3.05) is 7.11 Å². The average Bonchev–Trinajstić information content (AvgIpc) is 3.25. The molecule has 3 aromatic carbocycles. The second-order valence-corrected chi connectivity index (χ2v) is 7.35. The molecule has 5 nitrogen and oxygen atoms in total. The molecule has 0 spiro atoms. The van der Waals surface area contributed by atoms with Crippen LogP contribution in [0.15, 0.2) is 97.2 Å². The molecule has 0 atom stereocenters. The first-order valence-corrected chi connectivity index (χ1v) is 10.5. The second kappa shape index (κ2) is 10.3. The lowest BCUT2D eigenvalue weighted by atomic mass is 10.1. The Morgan fingerprint density at radius 1 is 0.938 bits per heavy atom. The summed E-state index contributed by atoms with van der Waals surface area (Å²) in [5, 5.41) is 7.73. The van der Waals surface area contributed by atoms with E-state index in [1.54, 1.807) is 19.3 Å². The zero-order valence-electron chi connectivity index (χ0n) is 17.9. The van der Waals surface area contributed by atoms with Crippen LogP contribution in [0, 0.1) is 0 Å². The monoisotopic (exact) mass is 423 g/mol. The molecule has 0 aliphatic rings. The Balaban J connectivity index is 1.59. The number of benzene rings is 3. The number of amides is 1. The summed E-state index contributed by atoms with van der Waals surface area (Å²) in [7, 11) is 1.65. The highest BCUT2D eigenvalue weighted by atomic mass is 16.5. The zero-order chi connectivity index (χ0) is 22.2. The molecule has 0 unspecified atom stereocenters. The van der Waals surface area contributed by atoms with E-state index in [1.165, 1.54) is 0 Å². The number of para-hydroxylation sites is 1. The van der Waals surface area contributed by atoms with E-state index in [1.807, 2.05) is 83.7 Å². The topological polar surface area (TPSA) is 56.2 Å². The van der Waals surface area contributed by atoms with Gasteiger partial charge in [-0.05, 0) is 29.3 Å². The Kier molecular flexibility index (Phi) is 6.78. The summed E-state index contributed by atoms with van der Waals surface area (Å²) in [6.45, 7) is 1.12. The van der Waals surface area contributed by atoms with Crippen LogP contribution in [0.25, 0.3) is 17.3 Å². The van der Waals surface area contributed by atoms with Crippen molar-refractivity contribution >= 4 is 12.0 Å². The number of nitrogens with zero attached hydrogens (tertiary/aromatic N) is 2. The van der Waals surface area contributed by atoms with Gasteiger partial charge in [0.25, 0.3) is 0 Å². The van der Waals surface area contributed by atoms with Gasteiger partial charge in [-0.25, -0.2) is 0 Å². The fraction of sp³-hybridized carbons (Fsp3) is 0.111. The molecule has 1 aromatic heterocycles. The third-order valence-electron chi connectivity index (χ3n) is 5.06. The van der Waals surface area contributed by atoms with E-state index in [-0.39, 0.29) is 5.91 Å². The molecule has 0 radical (unpaired) electrons. The minimum absolute atomic E-state index is 0.157. The van der Waals surface area contributed by atoms with Gasteiger partial charge in [0.15, 0.2) is 0 Å². The van der Waals surface area contributed by atoms with Gasteiger partial charge in [-0.15, -0.1) is 0 Å². The number of hydrogen-bond acceptors (Lipinski definition) is 3. The molecule has 32 heavy (non-hydrogen) atoms. The number of carbonyl (C=O) groups is 1. The van der Waals surface area contributed by atoms with Gasteiger partial charge >= 0.3 is 0 Å². The second-order valence-electron chi connectivity index (χ2n) is 7.35. The molecule has 1 amide bonds. The molecular weight excluding hydrogens is 398 g/mol. The van der Waals surface area contributed by atoms with E-state index in [9.17, 15) is 4.79 Å². The summed E-state index contributed by atoms with van der Waals surface area (Å²) in [5.41, 5.74) is 4.70. The van der Waals surface area contributed by atoms with Gasteiger partial charge in [-0.3, -0.25) is 9.48 Å². The quantitative estimate of drug-likeness (QED) is 0.409. The van der Waals surface area contributed by atoms with Crippen LogP contribution < -0.4 is 10.1 Å². The van der Waals surface area contributed by atoms with Gasteiger partial charge in [0.05, 0.1) is 13.7 Å². The predicted molar refractivity (Wildman–Crippen MR) is 127 cm³/mol. The highest BCUT2D eigenvalue weighted by Crippen LogP contribution is 2.31. The number of rotatable bonds is 8. The number of aromatic nitrogens is 2. The van der Waals surface area contributed by atoms with E-state index in [4.69, 9.17) is 9.84 Å². The van der Waals surface area contributed by atoms with E-state index >= 15 is 0 Å². The molecule has 0 saturated carbocycles. The van der Waals surface area contributed by atoms with Gasteiger partial charge in [0.2, 0.25) is 5.91 Å². The smallest absolute Gasteiger partial charge is 0.244 e. The third kappa shape index (κ3) is 5.32. The van der Waals surface area contributed by atoms with Crippen molar-refractivity contribution in [3.8, 4) is 17.0 Å². The van der Waals surface area contributed by atoms with Gasteiger partial charge < -0.3 is 10.1 Å². The Morgan fingerprint density at radius 2 is 1.59 bits per heavy atom. The largest absolute Gasteiger partial charge is 0.496 e. The molecule has 0 bridgehead atoms. The van der Waals surface area contributed by atoms with Crippen molar-refractivity contribution in [3.05, 3.63) is 114 Å². The molecular formula is C27H25N3O2. The van der Waals surface area contributed by atoms with E-state index in [2.05, 4.69) is 17.4 Å². The maximum absolute atomic E-state index is 12.4. The summed E-state index contributed by atoms with van der Waals surface area (Å²) in [5.74, 6) is 0.580. The van der Waals surface area contributed by atoms with Gasteiger partial charge in [0, 0.05) is 29.9 Å². The molecule has 0 saturated heterocycles. The van der Waals surface area contributed by atoms with Crippen LogP contribution in [0.3, 0.4) is 0 Å². The Labute approximate surface area is 188 Å². The Hall–Kier alpha value is -4.12. The van der Waals surface area contributed by atoms with Crippen molar-refractivity contribution in [2.45, 2.75) is 13.1 Å². The van der Waals surface area contributed by atoms with Crippen molar-refractivity contribution in [2.24, 2.45) is 0 Å². The van der Waals surface area contributed by atoms with Crippen molar-refractivity contribution < 1.29 is 9.53 Å². The van der Waals surface area contributed by atoms with Gasteiger partial charge in [0.1, 0.15) is 11.4 Å². The zero-order valence-corrected chi connectivity index (χ0v) is 17.9. The van der Waals surface area contributed by atoms with Crippen LogP contribution in [0.5, 0.6) is 5.75 Å². The standard InChI is InChI=1S/C27H25N3O2/c1-32-25-15-9-8-14-24(25)27-23(20-30(29-27)19-22-12-6-3-7-13-22)16-17-26(31)28-18-21-10-4-2-5-11-21/h2-17,20H,18-19H2,1H3,(H,28,31)/b17-16+. The summed E-state index contributed by atoms with van der Waals surface area (Å²) < 4.78 is 7.43. The normalized spacial score (nSPS) is 10.9. The molecule has 0 fully saturated rings. The number of methoxy groups -OCH3 is 1. The predicted octanol–water partition coefficient (Wildman–Crippen LogP) is 4.94. The molecule has 4 rings (SSSR count). The SMILES string of the molecule is COc1ccccc1-c1nn(Cc2ccccc2)cc1/C=C/C(=O)NCc1ccccc1. The summed E-state index contributed by atoms with van der Waals surface area (Å²) >= 11 is 0. The lowest BCUT2D eigenvalue weighted by Crippen LogP contribution is -2.20. The lowest BCUT2D eigenvalue weighted by molar-refractivity contribution is -0.116. The number of ether oxygens (including phenoxy) is 1. The fourth-order valence-corrected chi connectivity index (χ4v) is 3.47. The molecule has 1 N–H and O–H groups in total. The van der Waals surface area contributed by atoms with E-state index in [0.29, 0.717) is 13.1 Å². The van der Waals surface area contributed by atoms with Crippen LogP contribution in [0.2, 0.25) is 0 Å². The van der Waals surface area contributed by atoms with Gasteiger partial charge in [-0.1, -0.05) is 72.8 Å². The minimum Gasteiger partial charge on any atom is -0.496 e. The fourth-order valence-electron chi connectivity index (χ4n) is 3.47. The van der Waals surface area contributed by atoms with Crippen LogP contribution in [0.1, 0.15) is 16.7 Å². The lowest BCUT2D eigenvalue weighted by Gasteiger charge is -2.07. The highest BCUT2D eigenvalue weighted by Gasteiger charge is 2.14. The van der Waals surface area contributed by atoms with Gasteiger partial charge in [-0.2, -0.15) is 5.10 Å². The molecule has 4 aromatic rings. The maximum Gasteiger partial charge on any atom is 0.244 e. The molecule has 0 aliphatic carbocycles. The van der Waals surface area contributed by atoms with Crippen molar-refractivity contribution in [3.63, 3.8) is 0 Å². The summed E-state index contributed by atoms with van der Waals surface area (Å²) in [6.07, 6.45) is 5.30. The Bertz CT molecular complexity index is 1200. The number of hydrogen-bond donors (Lipinski definition) is 1. The van der Waals surface area contributed by atoms with Crippen LogP contribution in [0.4, 0.5) is 0 Å². The average molecular weight is 424 g/mol. The van der Waals surface area contributed by atoms with E-state index in [0.717, 1.165) is 33.7 Å². The minimum atomic E-state index is -0.157. The van der Waals surface area contributed by atoms with Crippen molar-refractivity contribution in [1.82, 2.24) is 15.1 Å². The van der Waals surface area contributed by atoms with E-state index < -0.39 is 0 Å². The van der Waals surface area contributed by atoms with Crippen LogP contribution in [-0.2, 0) is 17.9 Å². The van der Waals surface area contributed by atoms with Crippen molar-refractivity contribution in [1.29, 1.82) is 0 Å². The van der Waals surface area contributed by atoms with Crippen LogP contribution in [-0.4, -0.2) is 22.8 Å². The first-order chi connectivity index (χ1) is 15.7. The molecule has 5 heteroatoms.